The third kappa shape index (κ3) is 14.4. The van der Waals surface area contributed by atoms with E-state index < -0.39 is 0 Å². The second-order valence-electron chi connectivity index (χ2n) is 11.4. The van der Waals surface area contributed by atoms with Crippen LogP contribution in [0.4, 0.5) is 5.69 Å². The number of hydrogen-bond acceptors (Lipinski definition) is 5. The first-order valence-corrected chi connectivity index (χ1v) is 16.2. The molecule has 8 heteroatoms. The SMILES string of the molecule is CC.CC1/C=C\C=C/C/C(CCC(=O)Nc2cccc(CCN(C)C)c2)=C\N1.NC(=O)C1CCN(C(=O)c2ccccc2)CC1. The van der Waals surface area contributed by atoms with Gasteiger partial charge < -0.3 is 26.2 Å². The first-order chi connectivity index (χ1) is 21.7. The molecule has 0 aliphatic carbocycles. The molecule has 1 saturated heterocycles. The maximum Gasteiger partial charge on any atom is 0.253 e. The number of carbonyl (C=O) groups excluding carboxylic acids is 3. The molecule has 0 aromatic heterocycles. The van der Waals surface area contributed by atoms with Crippen molar-refractivity contribution in [3.8, 4) is 0 Å². The standard InChI is InChI=1S/C22H31N3O.C13H16N2O2.C2H6/c1-18-8-5-4-6-9-20(17-23-18)12-13-22(26)24-21-11-7-10-19(16-21)14-15-25(2)3;14-12(16)10-6-8-15(9-7-10)13(17)11-4-2-1-3-5-11;1-2/h4-8,10-11,16-18,23H,9,12-15H2,1-3H3,(H,24,26);1-5,10H,6-9H2,(H2,14,16);1-2H3/b6-4-,8-5-,20-17+;;. The Hall–Kier alpha value is -4.17. The fraction of sp³-hybridized carbons (Fsp3) is 0.432. The fourth-order valence-corrected chi connectivity index (χ4v) is 4.85. The number of piperidine rings is 1. The van der Waals surface area contributed by atoms with E-state index in [0.717, 1.165) is 31.5 Å². The molecule has 2 aliphatic rings. The minimum Gasteiger partial charge on any atom is -0.385 e. The van der Waals surface area contributed by atoms with E-state index in [9.17, 15) is 14.4 Å². The Bertz CT molecular complexity index is 1280. The van der Waals surface area contributed by atoms with Crippen molar-refractivity contribution >= 4 is 23.4 Å². The van der Waals surface area contributed by atoms with Crippen LogP contribution in [0.1, 0.15) is 68.8 Å². The van der Waals surface area contributed by atoms with E-state index in [1.54, 1.807) is 4.90 Å². The van der Waals surface area contributed by atoms with Crippen molar-refractivity contribution in [2.45, 2.75) is 65.3 Å². The van der Waals surface area contributed by atoms with Crippen molar-refractivity contribution in [3.05, 3.63) is 102 Å². The van der Waals surface area contributed by atoms with Gasteiger partial charge in [-0.05, 0) is 89.2 Å². The van der Waals surface area contributed by atoms with E-state index >= 15 is 0 Å². The number of amides is 3. The van der Waals surface area contributed by atoms with Gasteiger partial charge in [0.15, 0.2) is 0 Å². The Morgan fingerprint density at radius 3 is 2.36 bits per heavy atom. The number of rotatable bonds is 9. The summed E-state index contributed by atoms with van der Waals surface area (Å²) in [6.07, 6.45) is 14.9. The maximum atomic E-state index is 12.3. The van der Waals surface area contributed by atoms with Crippen LogP contribution in [0.5, 0.6) is 0 Å². The summed E-state index contributed by atoms with van der Waals surface area (Å²) in [7, 11) is 4.14. The normalized spacial score (nSPS) is 18.9. The Morgan fingerprint density at radius 1 is 0.978 bits per heavy atom. The van der Waals surface area contributed by atoms with Gasteiger partial charge in [0, 0.05) is 49.3 Å². The maximum absolute atomic E-state index is 12.3. The lowest BCUT2D eigenvalue weighted by Gasteiger charge is -2.30. The summed E-state index contributed by atoms with van der Waals surface area (Å²) in [5.74, 6) is -0.231. The highest BCUT2D eigenvalue weighted by Gasteiger charge is 2.26. The van der Waals surface area contributed by atoms with Gasteiger partial charge in [-0.2, -0.15) is 0 Å². The number of primary amides is 1. The van der Waals surface area contributed by atoms with Crippen LogP contribution in [0.25, 0.3) is 0 Å². The van der Waals surface area contributed by atoms with Crippen LogP contribution < -0.4 is 16.4 Å². The van der Waals surface area contributed by atoms with E-state index in [-0.39, 0.29) is 23.6 Å². The van der Waals surface area contributed by atoms with E-state index in [4.69, 9.17) is 5.73 Å². The molecule has 2 aromatic rings. The highest BCUT2D eigenvalue weighted by molar-refractivity contribution is 5.94. The molecule has 0 radical (unpaired) electrons. The number of nitrogens with zero attached hydrogens (tertiary/aromatic N) is 2. The van der Waals surface area contributed by atoms with Crippen molar-refractivity contribution in [1.82, 2.24) is 15.1 Å². The number of nitrogens with one attached hydrogen (secondary N) is 2. The number of anilines is 1. The van der Waals surface area contributed by atoms with Crippen LogP contribution in [0.2, 0.25) is 0 Å². The van der Waals surface area contributed by atoms with Gasteiger partial charge in [-0.15, -0.1) is 0 Å². The van der Waals surface area contributed by atoms with Crippen LogP contribution in [0.15, 0.2) is 90.7 Å². The Kier molecular flexibility index (Phi) is 17.0. The van der Waals surface area contributed by atoms with Crippen LogP contribution >= 0.6 is 0 Å². The Labute approximate surface area is 270 Å². The second kappa shape index (κ2) is 20.7. The highest BCUT2D eigenvalue weighted by atomic mass is 16.2. The summed E-state index contributed by atoms with van der Waals surface area (Å²) in [5, 5.41) is 6.38. The fourth-order valence-electron chi connectivity index (χ4n) is 4.85. The third-order valence-electron chi connectivity index (χ3n) is 7.51. The Morgan fingerprint density at radius 2 is 1.69 bits per heavy atom. The van der Waals surface area contributed by atoms with E-state index in [2.05, 4.69) is 79.2 Å². The van der Waals surface area contributed by atoms with Crippen LogP contribution in [0.3, 0.4) is 0 Å². The third-order valence-corrected chi connectivity index (χ3v) is 7.51. The molecule has 4 rings (SSSR count). The van der Waals surface area contributed by atoms with Crippen molar-refractivity contribution in [3.63, 3.8) is 0 Å². The minimum atomic E-state index is -0.253. The summed E-state index contributed by atoms with van der Waals surface area (Å²) in [6.45, 7) is 8.34. The molecule has 4 N–H and O–H groups in total. The lowest BCUT2D eigenvalue weighted by Crippen LogP contribution is -2.41. The molecule has 0 spiro atoms. The lowest BCUT2D eigenvalue weighted by molar-refractivity contribution is -0.123. The van der Waals surface area contributed by atoms with Gasteiger partial charge in [-0.1, -0.05) is 74.1 Å². The first-order valence-electron chi connectivity index (χ1n) is 16.2. The van der Waals surface area contributed by atoms with E-state index in [0.29, 0.717) is 44.0 Å². The van der Waals surface area contributed by atoms with Crippen molar-refractivity contribution in [1.29, 1.82) is 0 Å². The van der Waals surface area contributed by atoms with Gasteiger partial charge in [0.25, 0.3) is 5.91 Å². The zero-order chi connectivity index (χ0) is 33.0. The molecular weight excluding hydrogens is 562 g/mol. The summed E-state index contributed by atoms with van der Waals surface area (Å²) < 4.78 is 0. The lowest BCUT2D eigenvalue weighted by atomic mass is 9.96. The quantitative estimate of drug-likeness (QED) is 0.324. The molecule has 244 valence electrons. The molecule has 45 heavy (non-hydrogen) atoms. The topological polar surface area (TPSA) is 108 Å². The molecule has 1 unspecified atom stereocenters. The molecule has 2 heterocycles. The first kappa shape index (κ1) is 37.0. The summed E-state index contributed by atoms with van der Waals surface area (Å²) in [4.78, 5) is 39.4. The predicted molar refractivity (Wildman–Crippen MR) is 186 cm³/mol. The van der Waals surface area contributed by atoms with Gasteiger partial charge in [-0.3, -0.25) is 14.4 Å². The number of carbonyl (C=O) groups is 3. The van der Waals surface area contributed by atoms with Crippen LogP contribution in [-0.2, 0) is 16.0 Å². The molecule has 0 saturated carbocycles. The van der Waals surface area contributed by atoms with E-state index in [1.165, 1.54) is 11.1 Å². The monoisotopic (exact) mass is 615 g/mol. The highest BCUT2D eigenvalue weighted by Crippen LogP contribution is 2.19. The van der Waals surface area contributed by atoms with E-state index in [1.807, 2.05) is 56.3 Å². The number of nitrogens with two attached hydrogens (primary N) is 1. The largest absolute Gasteiger partial charge is 0.385 e. The average molecular weight is 616 g/mol. The van der Waals surface area contributed by atoms with Crippen molar-refractivity contribution in [2.24, 2.45) is 11.7 Å². The summed E-state index contributed by atoms with van der Waals surface area (Å²) in [6, 6.07) is 17.6. The van der Waals surface area contributed by atoms with Crippen LogP contribution in [0, 0.1) is 5.92 Å². The zero-order valence-corrected chi connectivity index (χ0v) is 27.8. The van der Waals surface area contributed by atoms with Gasteiger partial charge in [0.1, 0.15) is 0 Å². The van der Waals surface area contributed by atoms with Crippen molar-refractivity contribution in [2.75, 3.05) is 39.0 Å². The molecule has 1 atom stereocenters. The molecular formula is C37H53N5O3. The van der Waals surface area contributed by atoms with Crippen molar-refractivity contribution < 1.29 is 14.4 Å². The van der Waals surface area contributed by atoms with Gasteiger partial charge >= 0.3 is 0 Å². The molecule has 2 aliphatic heterocycles. The number of allylic oxidation sites excluding steroid dienone is 4. The second-order valence-corrected chi connectivity index (χ2v) is 11.4. The molecule has 2 aromatic carbocycles. The summed E-state index contributed by atoms with van der Waals surface area (Å²) >= 11 is 0. The molecule has 3 amide bonds. The molecule has 0 bridgehead atoms. The number of hydrogen-bond donors (Lipinski definition) is 3. The smallest absolute Gasteiger partial charge is 0.253 e. The number of benzene rings is 2. The van der Waals surface area contributed by atoms with Gasteiger partial charge in [-0.25, -0.2) is 0 Å². The molecule has 8 nitrogen and oxygen atoms in total. The van der Waals surface area contributed by atoms with Gasteiger partial charge in [0.05, 0.1) is 0 Å². The van der Waals surface area contributed by atoms with Gasteiger partial charge in [0.2, 0.25) is 11.8 Å². The predicted octanol–water partition coefficient (Wildman–Crippen LogP) is 5.94. The Balaban J connectivity index is 0.000000320. The summed E-state index contributed by atoms with van der Waals surface area (Å²) in [5.41, 5.74) is 9.32. The molecule has 1 fully saturated rings. The van der Waals surface area contributed by atoms with Crippen LogP contribution in [-0.4, -0.2) is 67.3 Å². The average Bonchev–Trinajstić information content (AvgIpc) is 3.16. The number of likely N-dealkylation sites (N-methyl/N-ethyl adjacent to an activating group) is 1. The zero-order valence-electron chi connectivity index (χ0n) is 27.8. The minimum absolute atomic E-state index is 0.0357. The number of likely N-dealkylation sites (tertiary alicyclic amines) is 1.